The van der Waals surface area contributed by atoms with Gasteiger partial charge in [-0.05, 0) is 48.8 Å². The lowest BCUT2D eigenvalue weighted by Gasteiger charge is -2.20. The van der Waals surface area contributed by atoms with Crippen molar-refractivity contribution in [2.45, 2.75) is 26.4 Å². The maximum absolute atomic E-state index is 13.3. The van der Waals surface area contributed by atoms with Crippen molar-refractivity contribution in [3.8, 4) is 5.75 Å². The Hall–Kier alpha value is -1.30. The summed E-state index contributed by atoms with van der Waals surface area (Å²) in [6.45, 7) is 5.26. The van der Waals surface area contributed by atoms with Crippen LogP contribution in [0.1, 0.15) is 20.8 Å². The summed E-state index contributed by atoms with van der Waals surface area (Å²) in [5, 5.41) is 2.50. The van der Waals surface area contributed by atoms with Gasteiger partial charge < -0.3 is 9.47 Å². The normalized spacial score (nSPS) is 11.0. The predicted molar refractivity (Wildman–Crippen MR) is 70.5 cm³/mol. The summed E-state index contributed by atoms with van der Waals surface area (Å²) < 4.78 is 23.6. The largest absolute Gasteiger partial charge is 0.493 e. The van der Waals surface area contributed by atoms with Crippen LogP contribution in [-0.4, -0.2) is 18.8 Å². The summed E-state index contributed by atoms with van der Waals surface area (Å²) in [7, 11) is 1.39. The zero-order valence-electron chi connectivity index (χ0n) is 10.6. The third-order valence-corrected chi connectivity index (χ3v) is 2.63. The Balaban J connectivity index is 2.92. The van der Waals surface area contributed by atoms with Crippen LogP contribution in [0.2, 0.25) is 0 Å². The van der Waals surface area contributed by atoms with E-state index in [2.05, 4.69) is 21.2 Å². The third-order valence-electron chi connectivity index (χ3n) is 1.89. The Morgan fingerprint density at radius 2 is 2.00 bits per heavy atom. The number of benzene rings is 1. The lowest BCUT2D eigenvalue weighted by Crippen LogP contribution is -2.27. The molecule has 0 saturated heterocycles. The maximum atomic E-state index is 13.3. The number of anilines is 1. The van der Waals surface area contributed by atoms with Gasteiger partial charge in [0.15, 0.2) is 5.75 Å². The highest BCUT2D eigenvalue weighted by Gasteiger charge is 2.19. The standard InChI is InChI=1S/C12H15BrFNO3/c1-12(2,3)18-11(16)15-8-6-5-7(14)9(13)10(8)17-4/h5-6H,1-4H3,(H,15,16). The number of carbonyl (C=O) groups excluding carboxylic acids is 1. The Labute approximate surface area is 114 Å². The van der Waals surface area contributed by atoms with Crippen molar-refractivity contribution in [1.82, 2.24) is 0 Å². The van der Waals surface area contributed by atoms with E-state index in [0.29, 0.717) is 5.69 Å². The van der Waals surface area contributed by atoms with Gasteiger partial charge in [0.25, 0.3) is 0 Å². The predicted octanol–water partition coefficient (Wildman–Crippen LogP) is 3.94. The number of ether oxygens (including phenoxy) is 2. The zero-order valence-corrected chi connectivity index (χ0v) is 12.2. The zero-order chi connectivity index (χ0) is 13.9. The highest BCUT2D eigenvalue weighted by Crippen LogP contribution is 2.35. The van der Waals surface area contributed by atoms with E-state index >= 15 is 0 Å². The summed E-state index contributed by atoms with van der Waals surface area (Å²) in [5.74, 6) is -0.262. The van der Waals surface area contributed by atoms with Gasteiger partial charge in [0.2, 0.25) is 0 Å². The van der Waals surface area contributed by atoms with Crippen molar-refractivity contribution in [2.75, 3.05) is 12.4 Å². The second-order valence-electron chi connectivity index (χ2n) is 4.57. The van der Waals surface area contributed by atoms with Crippen molar-refractivity contribution in [3.63, 3.8) is 0 Å². The molecule has 0 aliphatic heterocycles. The summed E-state index contributed by atoms with van der Waals surface area (Å²) in [4.78, 5) is 11.6. The summed E-state index contributed by atoms with van der Waals surface area (Å²) in [6.07, 6.45) is -0.626. The number of methoxy groups -OCH3 is 1. The fourth-order valence-electron chi connectivity index (χ4n) is 1.24. The first-order valence-electron chi connectivity index (χ1n) is 5.26. The summed E-state index contributed by atoms with van der Waals surface area (Å²) in [5.41, 5.74) is -0.269. The van der Waals surface area contributed by atoms with E-state index in [1.807, 2.05) is 0 Å². The van der Waals surface area contributed by atoms with Crippen molar-refractivity contribution in [1.29, 1.82) is 0 Å². The van der Waals surface area contributed by atoms with Gasteiger partial charge in [0.05, 0.1) is 17.3 Å². The molecule has 1 aromatic rings. The van der Waals surface area contributed by atoms with Gasteiger partial charge in [-0.15, -0.1) is 0 Å². The van der Waals surface area contributed by atoms with E-state index < -0.39 is 17.5 Å². The molecule has 0 radical (unpaired) electrons. The van der Waals surface area contributed by atoms with Crippen LogP contribution in [0, 0.1) is 5.82 Å². The molecule has 100 valence electrons. The Morgan fingerprint density at radius 3 is 2.50 bits per heavy atom. The smallest absolute Gasteiger partial charge is 0.412 e. The van der Waals surface area contributed by atoms with Crippen molar-refractivity contribution < 1.29 is 18.7 Å². The molecule has 0 aliphatic carbocycles. The molecular formula is C12H15BrFNO3. The van der Waals surface area contributed by atoms with Gasteiger partial charge in [0, 0.05) is 0 Å². The van der Waals surface area contributed by atoms with Gasteiger partial charge in [-0.2, -0.15) is 0 Å². The van der Waals surface area contributed by atoms with E-state index in [0.717, 1.165) is 0 Å². The minimum Gasteiger partial charge on any atom is -0.493 e. The molecule has 0 aliphatic rings. The Morgan fingerprint density at radius 1 is 1.39 bits per heavy atom. The Kier molecular flexibility index (Phi) is 4.56. The van der Waals surface area contributed by atoms with Crippen LogP contribution in [0.3, 0.4) is 0 Å². The minimum atomic E-state index is -0.626. The first-order valence-corrected chi connectivity index (χ1v) is 6.06. The molecule has 1 rings (SSSR count). The SMILES string of the molecule is COc1c(NC(=O)OC(C)(C)C)ccc(F)c1Br. The quantitative estimate of drug-likeness (QED) is 0.898. The third kappa shape index (κ3) is 3.87. The molecule has 0 aromatic heterocycles. The molecule has 0 spiro atoms. The van der Waals surface area contributed by atoms with Crippen molar-refractivity contribution in [2.24, 2.45) is 0 Å². The first kappa shape index (κ1) is 14.8. The molecule has 0 bridgehead atoms. The fraction of sp³-hybridized carbons (Fsp3) is 0.417. The topological polar surface area (TPSA) is 47.6 Å². The average Bonchev–Trinajstić information content (AvgIpc) is 2.21. The highest BCUT2D eigenvalue weighted by molar-refractivity contribution is 9.10. The van der Waals surface area contributed by atoms with Crippen LogP contribution < -0.4 is 10.1 Å². The number of amides is 1. The molecule has 4 nitrogen and oxygen atoms in total. The number of rotatable bonds is 2. The van der Waals surface area contributed by atoms with E-state index in [1.54, 1.807) is 20.8 Å². The van der Waals surface area contributed by atoms with Crippen molar-refractivity contribution in [3.05, 3.63) is 22.4 Å². The number of halogens is 2. The molecule has 0 saturated carbocycles. The monoisotopic (exact) mass is 319 g/mol. The van der Waals surface area contributed by atoms with Gasteiger partial charge in [-0.25, -0.2) is 9.18 Å². The molecule has 1 amide bonds. The molecule has 1 N–H and O–H groups in total. The van der Waals surface area contributed by atoms with Crippen LogP contribution in [0.4, 0.5) is 14.9 Å². The molecule has 1 aromatic carbocycles. The highest BCUT2D eigenvalue weighted by atomic mass is 79.9. The van der Waals surface area contributed by atoms with Crippen LogP contribution >= 0.6 is 15.9 Å². The van der Waals surface area contributed by atoms with Crippen molar-refractivity contribution >= 4 is 27.7 Å². The fourth-order valence-corrected chi connectivity index (χ4v) is 1.75. The maximum Gasteiger partial charge on any atom is 0.412 e. The van der Waals surface area contributed by atoms with Crippen LogP contribution in [0.15, 0.2) is 16.6 Å². The van der Waals surface area contributed by atoms with Crippen LogP contribution in [0.25, 0.3) is 0 Å². The number of carbonyl (C=O) groups is 1. The molecular weight excluding hydrogens is 305 g/mol. The van der Waals surface area contributed by atoms with E-state index in [1.165, 1.54) is 19.2 Å². The molecule has 0 heterocycles. The molecule has 0 fully saturated rings. The van der Waals surface area contributed by atoms with Gasteiger partial charge in [-0.3, -0.25) is 5.32 Å². The molecule has 18 heavy (non-hydrogen) atoms. The van der Waals surface area contributed by atoms with Gasteiger partial charge >= 0.3 is 6.09 Å². The lowest BCUT2D eigenvalue weighted by atomic mass is 10.2. The second kappa shape index (κ2) is 5.56. The molecule has 6 heteroatoms. The minimum absolute atomic E-state index is 0.151. The van der Waals surface area contributed by atoms with E-state index in [-0.39, 0.29) is 10.2 Å². The first-order chi connectivity index (χ1) is 8.24. The summed E-state index contributed by atoms with van der Waals surface area (Å²) in [6, 6.07) is 2.63. The second-order valence-corrected chi connectivity index (χ2v) is 5.36. The molecule has 0 unspecified atom stereocenters. The number of hydrogen-bond donors (Lipinski definition) is 1. The van der Waals surface area contributed by atoms with Crippen LogP contribution in [0.5, 0.6) is 5.75 Å². The molecule has 0 atom stereocenters. The average molecular weight is 320 g/mol. The lowest BCUT2D eigenvalue weighted by molar-refractivity contribution is 0.0635. The van der Waals surface area contributed by atoms with Gasteiger partial charge in [-0.1, -0.05) is 0 Å². The Bertz CT molecular complexity index is 457. The van der Waals surface area contributed by atoms with Gasteiger partial charge in [0.1, 0.15) is 11.4 Å². The van der Waals surface area contributed by atoms with Crippen LogP contribution in [-0.2, 0) is 4.74 Å². The summed E-state index contributed by atoms with van der Waals surface area (Å²) >= 11 is 3.05. The van der Waals surface area contributed by atoms with E-state index in [9.17, 15) is 9.18 Å². The van der Waals surface area contributed by atoms with E-state index in [4.69, 9.17) is 9.47 Å². The number of hydrogen-bond acceptors (Lipinski definition) is 3. The number of nitrogens with one attached hydrogen (secondary N) is 1.